The Kier molecular flexibility index (Phi) is 4.92. The number of ether oxygens (including phenoxy) is 1. The first-order valence-corrected chi connectivity index (χ1v) is 7.91. The number of carbonyl (C=O) groups is 1. The maximum Gasteiger partial charge on any atom is 0.254 e. The van der Waals surface area contributed by atoms with Crippen LogP contribution < -0.4 is 0 Å². The van der Waals surface area contributed by atoms with Crippen LogP contribution in [0.4, 0.5) is 4.39 Å². The van der Waals surface area contributed by atoms with Crippen molar-refractivity contribution in [2.45, 2.75) is 25.2 Å². The van der Waals surface area contributed by atoms with Gasteiger partial charge < -0.3 is 14.7 Å². The third-order valence-corrected chi connectivity index (χ3v) is 4.31. The second-order valence-electron chi connectivity index (χ2n) is 6.04. The lowest BCUT2D eigenvalue weighted by Gasteiger charge is -2.25. The number of hydrogen-bond acceptors (Lipinski definition) is 3. The number of halogens is 1. The predicted octanol–water partition coefficient (Wildman–Crippen LogP) is 2.92. The quantitative estimate of drug-likeness (QED) is 0.938. The lowest BCUT2D eigenvalue weighted by atomic mass is 10.0. The second kappa shape index (κ2) is 7.11. The molecule has 1 heterocycles. The Morgan fingerprint density at radius 2 is 1.88 bits per heavy atom. The Balaban J connectivity index is 1.82. The van der Waals surface area contributed by atoms with Crippen LogP contribution in [0.25, 0.3) is 0 Å². The minimum Gasteiger partial charge on any atom is -0.391 e. The van der Waals surface area contributed by atoms with Crippen molar-refractivity contribution in [3.8, 4) is 0 Å². The third kappa shape index (κ3) is 3.47. The molecule has 0 aliphatic carbocycles. The van der Waals surface area contributed by atoms with Crippen LogP contribution in [-0.2, 0) is 11.3 Å². The van der Waals surface area contributed by atoms with Crippen molar-refractivity contribution in [1.82, 2.24) is 4.90 Å². The molecular formula is C19H20FNO3. The zero-order chi connectivity index (χ0) is 17.1. The number of benzene rings is 2. The normalized spacial score (nSPS) is 20.4. The minimum absolute atomic E-state index is 0.134. The van der Waals surface area contributed by atoms with Gasteiger partial charge in [-0.1, -0.05) is 24.3 Å². The van der Waals surface area contributed by atoms with Gasteiger partial charge in [-0.25, -0.2) is 4.39 Å². The molecule has 0 unspecified atom stereocenters. The van der Waals surface area contributed by atoms with Crippen LogP contribution in [0.5, 0.6) is 0 Å². The van der Waals surface area contributed by atoms with E-state index in [-0.39, 0.29) is 24.3 Å². The number of nitrogens with zero attached hydrogens (tertiary/aromatic N) is 1. The molecule has 4 nitrogen and oxygen atoms in total. The van der Waals surface area contributed by atoms with Crippen LogP contribution >= 0.6 is 0 Å². The summed E-state index contributed by atoms with van der Waals surface area (Å²) in [5.74, 6) is -0.450. The van der Waals surface area contributed by atoms with Crippen molar-refractivity contribution < 1.29 is 19.0 Å². The van der Waals surface area contributed by atoms with Crippen molar-refractivity contribution >= 4 is 5.91 Å². The molecule has 0 spiro atoms. The van der Waals surface area contributed by atoms with Crippen LogP contribution in [0.1, 0.15) is 33.9 Å². The smallest absolute Gasteiger partial charge is 0.254 e. The molecule has 5 heteroatoms. The molecule has 1 fully saturated rings. The lowest BCUT2D eigenvalue weighted by molar-refractivity contribution is 0.0715. The van der Waals surface area contributed by atoms with E-state index in [4.69, 9.17) is 4.74 Å². The predicted molar refractivity (Wildman–Crippen MR) is 88.0 cm³/mol. The van der Waals surface area contributed by atoms with E-state index >= 15 is 0 Å². The highest BCUT2D eigenvalue weighted by Gasteiger charge is 2.35. The Morgan fingerprint density at radius 3 is 2.50 bits per heavy atom. The number of aliphatic hydroxyl groups is 1. The van der Waals surface area contributed by atoms with E-state index in [1.807, 2.05) is 12.1 Å². The van der Waals surface area contributed by atoms with Crippen LogP contribution in [-0.4, -0.2) is 35.7 Å². The molecule has 0 aromatic heterocycles. The first-order valence-electron chi connectivity index (χ1n) is 7.91. The van der Waals surface area contributed by atoms with E-state index in [1.54, 1.807) is 36.3 Å². The Morgan fingerprint density at radius 1 is 1.21 bits per heavy atom. The molecule has 0 saturated carbocycles. The van der Waals surface area contributed by atoms with Gasteiger partial charge in [0.25, 0.3) is 5.91 Å². The summed E-state index contributed by atoms with van der Waals surface area (Å²) in [5.41, 5.74) is 2.39. The fourth-order valence-electron chi connectivity index (χ4n) is 3.12. The summed E-state index contributed by atoms with van der Waals surface area (Å²) in [6.07, 6.45) is -0.115. The maximum atomic E-state index is 13.1. The zero-order valence-corrected chi connectivity index (χ0v) is 13.5. The number of likely N-dealkylation sites (tertiary alicyclic amines) is 1. The second-order valence-corrected chi connectivity index (χ2v) is 6.04. The van der Waals surface area contributed by atoms with Gasteiger partial charge in [0, 0.05) is 19.2 Å². The van der Waals surface area contributed by atoms with Crippen LogP contribution in [0, 0.1) is 5.82 Å². The van der Waals surface area contributed by atoms with Gasteiger partial charge in [0.1, 0.15) is 5.82 Å². The summed E-state index contributed by atoms with van der Waals surface area (Å²) in [4.78, 5) is 14.5. The summed E-state index contributed by atoms with van der Waals surface area (Å²) >= 11 is 0. The number of rotatable bonds is 4. The Hall–Kier alpha value is -2.24. The summed E-state index contributed by atoms with van der Waals surface area (Å²) in [5, 5.41) is 10.0. The Labute approximate surface area is 140 Å². The molecule has 1 saturated heterocycles. The highest BCUT2D eigenvalue weighted by atomic mass is 19.1. The lowest BCUT2D eigenvalue weighted by Crippen LogP contribution is -2.31. The highest BCUT2D eigenvalue weighted by Crippen LogP contribution is 2.33. The largest absolute Gasteiger partial charge is 0.391 e. The van der Waals surface area contributed by atoms with Gasteiger partial charge in [0.15, 0.2) is 0 Å². The number of aliphatic hydroxyl groups excluding tert-OH is 1. The van der Waals surface area contributed by atoms with E-state index in [0.29, 0.717) is 18.6 Å². The van der Waals surface area contributed by atoms with Gasteiger partial charge in [-0.3, -0.25) is 4.79 Å². The van der Waals surface area contributed by atoms with Crippen molar-refractivity contribution in [1.29, 1.82) is 0 Å². The molecule has 1 N–H and O–H groups in total. The summed E-state index contributed by atoms with van der Waals surface area (Å²) in [6, 6.07) is 13.1. The SMILES string of the molecule is COCc1ccc(C(=O)N2C[C@H](O)C[C@@H]2c2ccc(F)cc2)cc1. The van der Waals surface area contributed by atoms with E-state index in [2.05, 4.69) is 0 Å². The zero-order valence-electron chi connectivity index (χ0n) is 13.5. The number of hydrogen-bond donors (Lipinski definition) is 1. The molecule has 0 radical (unpaired) electrons. The average Bonchev–Trinajstić information content (AvgIpc) is 2.98. The van der Waals surface area contributed by atoms with Gasteiger partial charge in [0.05, 0.1) is 18.8 Å². The molecule has 126 valence electrons. The van der Waals surface area contributed by atoms with Crippen molar-refractivity contribution in [2.75, 3.05) is 13.7 Å². The molecule has 2 atom stereocenters. The first-order chi connectivity index (χ1) is 11.6. The van der Waals surface area contributed by atoms with Crippen LogP contribution in [0.3, 0.4) is 0 Å². The standard InChI is InChI=1S/C19H20FNO3/c1-24-12-13-2-4-15(5-3-13)19(23)21-11-17(22)10-18(21)14-6-8-16(20)9-7-14/h2-9,17-18,22H,10-12H2,1H3/t17-,18-/m1/s1. The molecule has 1 aliphatic rings. The fraction of sp³-hybridized carbons (Fsp3) is 0.316. The van der Waals surface area contributed by atoms with Crippen molar-refractivity contribution in [3.63, 3.8) is 0 Å². The van der Waals surface area contributed by atoms with E-state index in [9.17, 15) is 14.3 Å². The molecule has 1 aliphatic heterocycles. The molecule has 24 heavy (non-hydrogen) atoms. The highest BCUT2D eigenvalue weighted by molar-refractivity contribution is 5.94. The van der Waals surface area contributed by atoms with Crippen molar-refractivity contribution in [2.24, 2.45) is 0 Å². The van der Waals surface area contributed by atoms with Crippen LogP contribution in [0.2, 0.25) is 0 Å². The van der Waals surface area contributed by atoms with Gasteiger partial charge >= 0.3 is 0 Å². The fourth-order valence-corrected chi connectivity index (χ4v) is 3.12. The topological polar surface area (TPSA) is 49.8 Å². The third-order valence-electron chi connectivity index (χ3n) is 4.31. The van der Waals surface area contributed by atoms with Gasteiger partial charge in [-0.2, -0.15) is 0 Å². The van der Waals surface area contributed by atoms with Crippen LogP contribution in [0.15, 0.2) is 48.5 Å². The van der Waals surface area contributed by atoms with E-state index < -0.39 is 6.10 Å². The van der Waals surface area contributed by atoms with Crippen molar-refractivity contribution in [3.05, 3.63) is 71.0 Å². The minimum atomic E-state index is -0.572. The van der Waals surface area contributed by atoms with E-state index in [1.165, 1.54) is 12.1 Å². The van der Waals surface area contributed by atoms with Gasteiger partial charge in [0.2, 0.25) is 0 Å². The van der Waals surface area contributed by atoms with Gasteiger partial charge in [-0.15, -0.1) is 0 Å². The molecular weight excluding hydrogens is 309 g/mol. The number of β-amino-alcohol motifs (C(OH)–C–C–N with tert-alkyl or cyclic N) is 1. The number of amides is 1. The molecule has 2 aromatic carbocycles. The molecule has 2 aromatic rings. The maximum absolute atomic E-state index is 13.1. The monoisotopic (exact) mass is 329 g/mol. The number of carbonyl (C=O) groups excluding carboxylic acids is 1. The molecule has 3 rings (SSSR count). The molecule has 1 amide bonds. The first kappa shape index (κ1) is 16.6. The summed E-state index contributed by atoms with van der Waals surface area (Å²) in [7, 11) is 1.62. The Bertz CT molecular complexity index is 700. The van der Waals surface area contributed by atoms with E-state index in [0.717, 1.165) is 11.1 Å². The average molecular weight is 329 g/mol. The number of methoxy groups -OCH3 is 1. The summed E-state index contributed by atoms with van der Waals surface area (Å²) < 4.78 is 18.2. The summed E-state index contributed by atoms with van der Waals surface area (Å²) in [6.45, 7) is 0.774. The molecule has 0 bridgehead atoms. The van der Waals surface area contributed by atoms with Gasteiger partial charge in [-0.05, 0) is 41.8 Å².